The van der Waals surface area contributed by atoms with Crippen molar-refractivity contribution in [1.82, 2.24) is 0 Å². The van der Waals surface area contributed by atoms with Crippen molar-refractivity contribution in [1.29, 1.82) is 0 Å². The van der Waals surface area contributed by atoms with Crippen molar-refractivity contribution in [2.45, 2.75) is 44.4 Å². The number of ether oxygens (including phenoxy) is 2. The molecule has 4 nitrogen and oxygen atoms in total. The highest BCUT2D eigenvalue weighted by atomic mass is 16.5. The number of fused-ring (bicyclic) bond motifs is 1. The van der Waals surface area contributed by atoms with Gasteiger partial charge in [0.05, 0.1) is 20.3 Å². The molecule has 0 unspecified atom stereocenters. The Morgan fingerprint density at radius 2 is 2.11 bits per heavy atom. The third-order valence-electron chi connectivity index (χ3n) is 4.25. The molecule has 0 spiro atoms. The van der Waals surface area contributed by atoms with Crippen molar-refractivity contribution < 1.29 is 14.3 Å². The van der Waals surface area contributed by atoms with Crippen LogP contribution in [-0.2, 0) is 28.3 Å². The maximum atomic E-state index is 10.9. The summed E-state index contributed by atoms with van der Waals surface area (Å²) in [6.07, 6.45) is 5.70. The van der Waals surface area contributed by atoms with Gasteiger partial charge in [0, 0.05) is 5.56 Å². The van der Waals surface area contributed by atoms with E-state index in [1.165, 1.54) is 5.56 Å². The molecule has 1 fully saturated rings. The molecular weight excluding hydrogens is 242 g/mol. The van der Waals surface area contributed by atoms with Crippen LogP contribution in [0, 0.1) is 0 Å². The summed E-state index contributed by atoms with van der Waals surface area (Å²) in [5.74, 6) is 0.810. The summed E-state index contributed by atoms with van der Waals surface area (Å²) in [7, 11) is 1.66. The van der Waals surface area contributed by atoms with Crippen LogP contribution in [0.5, 0.6) is 5.75 Å². The van der Waals surface area contributed by atoms with E-state index in [1.54, 1.807) is 13.2 Å². The lowest BCUT2D eigenvalue weighted by molar-refractivity contribution is 0.133. The lowest BCUT2D eigenvalue weighted by Gasteiger charge is -2.27. The van der Waals surface area contributed by atoms with E-state index in [0.29, 0.717) is 13.2 Å². The quantitative estimate of drug-likeness (QED) is 0.619. The van der Waals surface area contributed by atoms with Crippen molar-refractivity contribution >= 4 is 6.08 Å². The third kappa shape index (κ3) is 1.88. The topological polar surface area (TPSA) is 47.9 Å². The molecule has 4 heteroatoms. The predicted molar refractivity (Wildman–Crippen MR) is 69.8 cm³/mol. The average molecular weight is 259 g/mol. The van der Waals surface area contributed by atoms with Crippen LogP contribution in [0.15, 0.2) is 17.1 Å². The van der Waals surface area contributed by atoms with E-state index in [1.807, 2.05) is 12.1 Å². The van der Waals surface area contributed by atoms with E-state index in [9.17, 15) is 4.79 Å². The highest BCUT2D eigenvalue weighted by Crippen LogP contribution is 2.48. The second kappa shape index (κ2) is 4.80. The molecule has 0 aromatic heterocycles. The zero-order chi connectivity index (χ0) is 13.3. The SMILES string of the molecule is COc1ccc2c(c1C1(N=C=O)CCCC1)COC2. The fraction of sp³-hybridized carbons (Fsp3) is 0.533. The number of hydrogen-bond donors (Lipinski definition) is 0. The first-order chi connectivity index (χ1) is 9.30. The fourth-order valence-electron chi connectivity index (χ4n) is 3.38. The first-order valence-corrected chi connectivity index (χ1v) is 6.67. The van der Waals surface area contributed by atoms with Gasteiger partial charge in [-0.15, -0.1) is 0 Å². The minimum Gasteiger partial charge on any atom is -0.496 e. The van der Waals surface area contributed by atoms with Gasteiger partial charge in [0.25, 0.3) is 0 Å². The van der Waals surface area contributed by atoms with E-state index >= 15 is 0 Å². The third-order valence-corrected chi connectivity index (χ3v) is 4.25. The lowest BCUT2D eigenvalue weighted by Crippen LogP contribution is -2.22. The Morgan fingerprint density at radius 3 is 2.79 bits per heavy atom. The molecule has 100 valence electrons. The summed E-state index contributed by atoms with van der Waals surface area (Å²) in [4.78, 5) is 15.0. The Bertz CT molecular complexity index is 541. The summed E-state index contributed by atoms with van der Waals surface area (Å²) in [6, 6.07) is 4.00. The van der Waals surface area contributed by atoms with Gasteiger partial charge in [-0.25, -0.2) is 4.79 Å². The molecule has 0 bridgehead atoms. The van der Waals surface area contributed by atoms with Crippen LogP contribution in [0.25, 0.3) is 0 Å². The number of isocyanates is 1. The van der Waals surface area contributed by atoms with Gasteiger partial charge in [-0.3, -0.25) is 0 Å². The van der Waals surface area contributed by atoms with Crippen LogP contribution in [0.1, 0.15) is 42.4 Å². The minimum atomic E-state index is -0.452. The zero-order valence-electron chi connectivity index (χ0n) is 11.1. The van der Waals surface area contributed by atoms with Gasteiger partial charge in [-0.1, -0.05) is 18.9 Å². The van der Waals surface area contributed by atoms with E-state index in [4.69, 9.17) is 9.47 Å². The molecule has 1 aromatic carbocycles. The van der Waals surface area contributed by atoms with Crippen molar-refractivity contribution in [3.8, 4) is 5.75 Å². The second-order valence-electron chi connectivity index (χ2n) is 5.22. The van der Waals surface area contributed by atoms with Crippen molar-refractivity contribution in [2.24, 2.45) is 4.99 Å². The van der Waals surface area contributed by atoms with Crippen LogP contribution >= 0.6 is 0 Å². The van der Waals surface area contributed by atoms with Crippen LogP contribution < -0.4 is 4.74 Å². The predicted octanol–water partition coefficient (Wildman–Crippen LogP) is 2.83. The van der Waals surface area contributed by atoms with E-state index in [0.717, 1.165) is 42.6 Å². The average Bonchev–Trinajstić information content (AvgIpc) is 3.06. The van der Waals surface area contributed by atoms with Crippen LogP contribution in [0.4, 0.5) is 0 Å². The van der Waals surface area contributed by atoms with Gasteiger partial charge in [0.2, 0.25) is 6.08 Å². The van der Waals surface area contributed by atoms with Crippen LogP contribution in [0.2, 0.25) is 0 Å². The molecular formula is C15H17NO3. The Labute approximate surface area is 112 Å². The van der Waals surface area contributed by atoms with Gasteiger partial charge in [0.1, 0.15) is 11.3 Å². The van der Waals surface area contributed by atoms with Crippen LogP contribution in [0.3, 0.4) is 0 Å². The Morgan fingerprint density at radius 1 is 1.32 bits per heavy atom. The minimum absolute atomic E-state index is 0.452. The summed E-state index contributed by atoms with van der Waals surface area (Å²) >= 11 is 0. The largest absolute Gasteiger partial charge is 0.496 e. The Kier molecular flexibility index (Phi) is 3.13. The summed E-state index contributed by atoms with van der Waals surface area (Å²) in [6.45, 7) is 1.21. The van der Waals surface area contributed by atoms with Gasteiger partial charge in [-0.2, -0.15) is 4.99 Å². The second-order valence-corrected chi connectivity index (χ2v) is 5.22. The van der Waals surface area contributed by atoms with E-state index < -0.39 is 5.54 Å². The molecule has 3 rings (SSSR count). The molecule has 1 heterocycles. The maximum Gasteiger partial charge on any atom is 0.235 e. The first kappa shape index (κ1) is 12.4. The molecule has 1 saturated carbocycles. The highest BCUT2D eigenvalue weighted by molar-refractivity contribution is 5.52. The lowest BCUT2D eigenvalue weighted by atomic mass is 9.83. The zero-order valence-corrected chi connectivity index (χ0v) is 11.1. The van der Waals surface area contributed by atoms with Crippen molar-refractivity contribution in [2.75, 3.05) is 7.11 Å². The van der Waals surface area contributed by atoms with E-state index in [-0.39, 0.29) is 0 Å². The highest BCUT2D eigenvalue weighted by Gasteiger charge is 2.41. The molecule has 1 aromatic rings. The molecule has 1 aliphatic carbocycles. The van der Waals surface area contributed by atoms with Gasteiger partial charge in [0.15, 0.2) is 0 Å². The number of methoxy groups -OCH3 is 1. The smallest absolute Gasteiger partial charge is 0.235 e. The fourth-order valence-corrected chi connectivity index (χ4v) is 3.38. The standard InChI is InChI=1S/C15H17NO3/c1-18-13-5-4-11-8-19-9-12(11)14(13)15(16-10-17)6-2-3-7-15/h4-5H,2-3,6-9H2,1H3. The van der Waals surface area contributed by atoms with Gasteiger partial charge in [-0.05, 0) is 30.0 Å². The molecule has 0 amide bonds. The van der Waals surface area contributed by atoms with Gasteiger partial charge < -0.3 is 9.47 Å². The maximum absolute atomic E-state index is 10.9. The monoisotopic (exact) mass is 259 g/mol. The molecule has 1 aliphatic heterocycles. The number of rotatable bonds is 3. The number of hydrogen-bond acceptors (Lipinski definition) is 4. The molecule has 0 saturated heterocycles. The van der Waals surface area contributed by atoms with E-state index in [2.05, 4.69) is 4.99 Å². The molecule has 19 heavy (non-hydrogen) atoms. The number of carbonyl (C=O) groups excluding carboxylic acids is 1. The number of nitrogens with zero attached hydrogens (tertiary/aromatic N) is 1. The van der Waals surface area contributed by atoms with Crippen molar-refractivity contribution in [3.05, 3.63) is 28.8 Å². The van der Waals surface area contributed by atoms with Gasteiger partial charge >= 0.3 is 0 Å². The summed E-state index contributed by atoms with van der Waals surface area (Å²) in [5.41, 5.74) is 2.93. The normalized spacial score (nSPS) is 19.8. The first-order valence-electron chi connectivity index (χ1n) is 6.67. The molecule has 0 radical (unpaired) electrons. The Hall–Kier alpha value is -1.64. The molecule has 0 N–H and O–H groups in total. The summed E-state index contributed by atoms with van der Waals surface area (Å²) < 4.78 is 11.1. The molecule has 2 aliphatic rings. The van der Waals surface area contributed by atoms with Crippen molar-refractivity contribution in [3.63, 3.8) is 0 Å². The summed E-state index contributed by atoms with van der Waals surface area (Å²) in [5, 5.41) is 0. The number of benzene rings is 1. The Balaban J connectivity index is 2.22. The van der Waals surface area contributed by atoms with Crippen LogP contribution in [-0.4, -0.2) is 13.2 Å². The molecule has 0 atom stereocenters. The number of aliphatic imine (C=N–C) groups is 1.